The molecule has 0 aromatic heterocycles. The van der Waals surface area contributed by atoms with Crippen LogP contribution in [-0.4, -0.2) is 14.2 Å². The molecule has 48 valence electrons. The van der Waals surface area contributed by atoms with Crippen molar-refractivity contribution < 1.29 is 8.42 Å². The lowest BCUT2D eigenvalue weighted by molar-refractivity contribution is 0.623. The largest absolute Gasteiger partial charge is 0.251 e. The van der Waals surface area contributed by atoms with E-state index in [1.165, 1.54) is 6.08 Å². The number of hydrogen-bond acceptors (Lipinski definition) is 3. The molecule has 0 atom stereocenters. The third-order valence-corrected chi connectivity index (χ3v) is 3.25. The molecule has 0 bridgehead atoms. The van der Waals surface area contributed by atoms with Crippen LogP contribution in [0.3, 0.4) is 0 Å². The average molecular weight is 170 g/mol. The summed E-state index contributed by atoms with van der Waals surface area (Å²) in [5, 5.41) is 0. The van der Waals surface area contributed by atoms with Crippen LogP contribution in [0.15, 0.2) is 12.7 Å². The molecule has 5 heteroatoms. The monoisotopic (exact) mass is 170 g/mol. The summed E-state index contributed by atoms with van der Waals surface area (Å²) >= 11 is 3.28. The molecule has 2 nitrogen and oxygen atoms in total. The van der Waals surface area contributed by atoms with Gasteiger partial charge in [0.05, 0.1) is 0 Å². The molecule has 0 aromatic carbocycles. The van der Waals surface area contributed by atoms with Gasteiger partial charge in [-0.1, -0.05) is 6.08 Å². The lowest BCUT2D eigenvalue weighted by Crippen LogP contribution is -1.79. The van der Waals surface area contributed by atoms with Crippen molar-refractivity contribution in [1.29, 1.82) is 0 Å². The first kappa shape index (κ1) is 8.39. The number of rotatable bonds is 3. The van der Waals surface area contributed by atoms with Crippen molar-refractivity contribution >= 4 is 30.4 Å². The first-order valence-electron chi connectivity index (χ1n) is 1.79. The Hall–Kier alpha value is 0.390. The Morgan fingerprint density at radius 3 is 2.38 bits per heavy atom. The zero-order valence-electron chi connectivity index (χ0n) is 4.07. The Morgan fingerprint density at radius 2 is 2.25 bits per heavy atom. The minimum atomic E-state index is -3.15. The summed E-state index contributed by atoms with van der Waals surface area (Å²) in [5.41, 5.74) is 0. The molecule has 0 rings (SSSR count). The Labute approximate surface area is 57.5 Å². The fraction of sp³-hybridized carbons (Fsp3) is 0.333. The summed E-state index contributed by atoms with van der Waals surface area (Å²) in [6.45, 7) is 3.34. The molecule has 0 aromatic rings. The van der Waals surface area contributed by atoms with Crippen molar-refractivity contribution in [2.75, 3.05) is 5.75 Å². The van der Waals surface area contributed by atoms with Gasteiger partial charge in [-0.05, 0) is 22.5 Å². The Balaban J connectivity index is 3.57. The third kappa shape index (κ3) is 6.39. The second kappa shape index (κ2) is 3.42. The fourth-order valence-corrected chi connectivity index (χ4v) is 1.75. The van der Waals surface area contributed by atoms with Crippen LogP contribution in [0.2, 0.25) is 0 Å². The molecule has 0 spiro atoms. The van der Waals surface area contributed by atoms with Gasteiger partial charge in [0.2, 0.25) is 0 Å². The molecule has 0 radical (unpaired) electrons. The Bertz CT molecular complexity index is 157. The smallest absolute Gasteiger partial charge is 0.206 e. The van der Waals surface area contributed by atoms with Gasteiger partial charge in [0.25, 0.3) is 7.90 Å². The van der Waals surface area contributed by atoms with E-state index in [9.17, 15) is 8.42 Å². The molecule has 0 aliphatic rings. The van der Waals surface area contributed by atoms with Crippen LogP contribution in [0.5, 0.6) is 0 Å². The van der Waals surface area contributed by atoms with Crippen molar-refractivity contribution in [2.45, 2.75) is 0 Å². The van der Waals surface area contributed by atoms with E-state index >= 15 is 0 Å². The van der Waals surface area contributed by atoms with Gasteiger partial charge < -0.3 is 0 Å². The van der Waals surface area contributed by atoms with E-state index in [4.69, 9.17) is 0 Å². The number of thiol groups is 1. The van der Waals surface area contributed by atoms with Crippen LogP contribution in [0.4, 0.5) is 0 Å². The van der Waals surface area contributed by atoms with Crippen molar-refractivity contribution in [3.8, 4) is 0 Å². The molecule has 0 aliphatic heterocycles. The highest BCUT2D eigenvalue weighted by Gasteiger charge is 1.98. The quantitative estimate of drug-likeness (QED) is 0.391. The highest BCUT2D eigenvalue weighted by molar-refractivity contribution is 9.00. The van der Waals surface area contributed by atoms with Gasteiger partial charge in [-0.25, -0.2) is 8.42 Å². The minimum Gasteiger partial charge on any atom is -0.206 e. The van der Waals surface area contributed by atoms with Crippen molar-refractivity contribution in [3.05, 3.63) is 12.7 Å². The van der Waals surface area contributed by atoms with E-state index in [1.807, 2.05) is 0 Å². The van der Waals surface area contributed by atoms with Crippen LogP contribution in [0, 0.1) is 0 Å². The SMILES string of the molecule is C=CCSS(=O)(=O)S. The van der Waals surface area contributed by atoms with Gasteiger partial charge in [-0.2, -0.15) is 0 Å². The summed E-state index contributed by atoms with van der Waals surface area (Å²) in [6, 6.07) is 0. The average Bonchev–Trinajstić information content (AvgIpc) is 1.59. The van der Waals surface area contributed by atoms with Gasteiger partial charge in [-0.15, -0.1) is 6.58 Å². The molecule has 0 fully saturated rings. The molecular weight excluding hydrogens is 164 g/mol. The lowest BCUT2D eigenvalue weighted by atomic mass is 10.8. The van der Waals surface area contributed by atoms with Crippen molar-refractivity contribution in [2.24, 2.45) is 0 Å². The van der Waals surface area contributed by atoms with Gasteiger partial charge in [0.15, 0.2) is 0 Å². The molecule has 0 amide bonds. The van der Waals surface area contributed by atoms with Crippen LogP contribution >= 0.6 is 22.5 Å². The predicted molar refractivity (Wildman–Crippen MR) is 40.6 cm³/mol. The van der Waals surface area contributed by atoms with Gasteiger partial charge in [0, 0.05) is 5.75 Å². The summed E-state index contributed by atoms with van der Waals surface area (Å²) in [5.74, 6) is 0.395. The van der Waals surface area contributed by atoms with Crippen LogP contribution in [0.25, 0.3) is 0 Å². The van der Waals surface area contributed by atoms with Crippen LogP contribution < -0.4 is 0 Å². The molecule has 0 aliphatic carbocycles. The molecule has 0 saturated carbocycles. The van der Waals surface area contributed by atoms with Crippen molar-refractivity contribution in [3.63, 3.8) is 0 Å². The van der Waals surface area contributed by atoms with Crippen molar-refractivity contribution in [1.82, 2.24) is 0 Å². The maximum atomic E-state index is 10.2. The standard InChI is InChI=1S/C3H6O2S3/c1-2-3-7-8(4,5)6/h2H,1,3H2,(H,4,5,6). The summed E-state index contributed by atoms with van der Waals surface area (Å²) in [6.07, 6.45) is 1.51. The fourth-order valence-electron chi connectivity index (χ4n) is 0.134. The van der Waals surface area contributed by atoms with E-state index in [2.05, 4.69) is 18.2 Å². The number of hydrogen-bond donors (Lipinski definition) is 1. The molecule has 0 N–H and O–H groups in total. The zero-order chi connectivity index (χ0) is 6.62. The van der Waals surface area contributed by atoms with E-state index in [-0.39, 0.29) is 0 Å². The summed E-state index contributed by atoms with van der Waals surface area (Å²) < 4.78 is 20.3. The zero-order valence-corrected chi connectivity index (χ0v) is 6.60. The van der Waals surface area contributed by atoms with E-state index in [1.54, 1.807) is 0 Å². The second-order valence-corrected chi connectivity index (χ2v) is 6.63. The predicted octanol–water partition coefficient (Wildman–Crippen LogP) is 1.08. The van der Waals surface area contributed by atoms with Crippen LogP contribution in [0.1, 0.15) is 0 Å². The second-order valence-electron chi connectivity index (χ2n) is 1.00. The molecule has 0 saturated heterocycles. The normalized spacial score (nSPS) is 11.1. The third-order valence-electron chi connectivity index (χ3n) is 0.335. The van der Waals surface area contributed by atoms with Crippen LogP contribution in [-0.2, 0) is 7.90 Å². The maximum Gasteiger partial charge on any atom is 0.251 e. The Morgan fingerprint density at radius 1 is 1.75 bits per heavy atom. The first-order valence-corrected chi connectivity index (χ1v) is 5.83. The minimum absolute atomic E-state index is 0.395. The maximum absolute atomic E-state index is 10.2. The topological polar surface area (TPSA) is 34.1 Å². The summed E-state index contributed by atoms with van der Waals surface area (Å²) in [4.78, 5) is 0. The van der Waals surface area contributed by atoms with E-state index < -0.39 is 7.90 Å². The molecule has 0 unspecified atom stereocenters. The van der Waals surface area contributed by atoms with Gasteiger partial charge in [0.1, 0.15) is 0 Å². The lowest BCUT2D eigenvalue weighted by Gasteiger charge is -1.86. The van der Waals surface area contributed by atoms with E-state index in [0.29, 0.717) is 5.75 Å². The van der Waals surface area contributed by atoms with E-state index in [0.717, 1.165) is 10.8 Å². The van der Waals surface area contributed by atoms with Gasteiger partial charge in [-0.3, -0.25) is 0 Å². The molecule has 8 heavy (non-hydrogen) atoms. The highest BCUT2D eigenvalue weighted by Crippen LogP contribution is 2.15. The summed E-state index contributed by atoms with van der Waals surface area (Å²) in [7, 11) is -2.39. The highest BCUT2D eigenvalue weighted by atomic mass is 33.5. The Kier molecular flexibility index (Phi) is 3.59. The van der Waals surface area contributed by atoms with Gasteiger partial charge >= 0.3 is 0 Å². The molecule has 0 heterocycles. The first-order chi connectivity index (χ1) is 3.56. The molecular formula is C3H6O2S3.